The van der Waals surface area contributed by atoms with Crippen LogP contribution in [0.5, 0.6) is 5.88 Å². The molecule has 0 aliphatic heterocycles. The molecule has 0 fully saturated rings. The number of aromatic hydroxyl groups is 1. The highest BCUT2D eigenvalue weighted by Gasteiger charge is 2.17. The molecule has 0 atom stereocenters. The molecule has 1 N–H and O–H groups in total. The van der Waals surface area contributed by atoms with Crippen molar-refractivity contribution in [1.82, 2.24) is 4.57 Å². The SMILES string of the molecule is Cc1c(/N=N/c2ccc(COS(=O)(=O)c3ccccc3)cc2)c(O)n(C)c(=O)c1C#N. The van der Waals surface area contributed by atoms with Gasteiger partial charge in [0.1, 0.15) is 11.6 Å². The first-order chi connectivity index (χ1) is 14.7. The molecule has 0 spiro atoms. The number of azo groups is 1. The monoisotopic (exact) mass is 438 g/mol. The molecule has 2 aromatic carbocycles. The van der Waals surface area contributed by atoms with Gasteiger partial charge in [0, 0.05) is 12.6 Å². The van der Waals surface area contributed by atoms with Crippen molar-refractivity contribution in [2.75, 3.05) is 0 Å². The third-order valence-electron chi connectivity index (χ3n) is 4.50. The van der Waals surface area contributed by atoms with E-state index in [4.69, 9.17) is 9.44 Å². The molecule has 0 saturated carbocycles. The molecule has 10 heteroatoms. The van der Waals surface area contributed by atoms with Gasteiger partial charge in [-0.05, 0) is 36.8 Å². The van der Waals surface area contributed by atoms with E-state index >= 15 is 0 Å². The van der Waals surface area contributed by atoms with E-state index in [9.17, 15) is 18.3 Å². The van der Waals surface area contributed by atoms with Crippen LogP contribution >= 0.6 is 0 Å². The highest BCUT2D eigenvalue weighted by molar-refractivity contribution is 7.86. The van der Waals surface area contributed by atoms with Crippen LogP contribution in [0, 0.1) is 18.3 Å². The molecule has 0 bridgehead atoms. The van der Waals surface area contributed by atoms with Crippen molar-refractivity contribution in [2.24, 2.45) is 17.3 Å². The standard InChI is InChI=1S/C21H18N4O5S/c1-14-18(12-22)20(26)25(2)21(27)19(14)24-23-16-10-8-15(9-11-16)13-30-31(28,29)17-6-4-3-5-7-17/h3-11,27H,13H2,1-2H3/b24-23+. The van der Waals surface area contributed by atoms with Crippen molar-refractivity contribution >= 4 is 21.5 Å². The van der Waals surface area contributed by atoms with Gasteiger partial charge >= 0.3 is 0 Å². The van der Waals surface area contributed by atoms with Gasteiger partial charge in [-0.15, -0.1) is 5.11 Å². The summed E-state index contributed by atoms with van der Waals surface area (Å²) in [5.41, 5.74) is 0.516. The van der Waals surface area contributed by atoms with Gasteiger partial charge in [0.15, 0.2) is 5.69 Å². The van der Waals surface area contributed by atoms with Crippen molar-refractivity contribution in [3.8, 4) is 11.9 Å². The largest absolute Gasteiger partial charge is 0.493 e. The summed E-state index contributed by atoms with van der Waals surface area (Å²) in [6.07, 6.45) is 0. The number of aromatic nitrogens is 1. The minimum Gasteiger partial charge on any atom is -0.493 e. The Labute approximate surface area is 178 Å². The number of rotatable bonds is 6. The third-order valence-corrected chi connectivity index (χ3v) is 5.78. The molecule has 0 radical (unpaired) electrons. The molecule has 3 aromatic rings. The average molecular weight is 438 g/mol. The number of hydrogen-bond donors (Lipinski definition) is 1. The fraction of sp³-hybridized carbons (Fsp3) is 0.143. The topological polar surface area (TPSA) is 134 Å². The summed E-state index contributed by atoms with van der Waals surface area (Å²) in [7, 11) is -2.53. The second-order valence-electron chi connectivity index (χ2n) is 6.54. The maximum atomic E-state index is 12.2. The van der Waals surface area contributed by atoms with Crippen LogP contribution in [-0.4, -0.2) is 18.1 Å². The van der Waals surface area contributed by atoms with E-state index in [1.165, 1.54) is 26.1 Å². The van der Waals surface area contributed by atoms with Gasteiger partial charge in [-0.1, -0.05) is 30.3 Å². The van der Waals surface area contributed by atoms with Gasteiger partial charge in [0.2, 0.25) is 5.88 Å². The maximum absolute atomic E-state index is 12.2. The molecule has 3 rings (SSSR count). The lowest BCUT2D eigenvalue weighted by molar-refractivity contribution is 0.308. The first-order valence-electron chi connectivity index (χ1n) is 9.02. The first kappa shape index (κ1) is 21.9. The molecule has 158 valence electrons. The molecular weight excluding hydrogens is 420 g/mol. The lowest BCUT2D eigenvalue weighted by atomic mass is 10.1. The first-order valence-corrected chi connectivity index (χ1v) is 10.4. The molecule has 1 heterocycles. The summed E-state index contributed by atoms with van der Waals surface area (Å²) in [4.78, 5) is 12.1. The minimum atomic E-state index is -3.86. The quantitative estimate of drug-likeness (QED) is 0.462. The molecule has 0 saturated heterocycles. The maximum Gasteiger partial charge on any atom is 0.297 e. The van der Waals surface area contributed by atoms with Crippen LogP contribution in [0.4, 0.5) is 11.4 Å². The Hall–Kier alpha value is -3.81. The van der Waals surface area contributed by atoms with E-state index in [0.717, 1.165) is 4.57 Å². The Balaban J connectivity index is 1.76. The number of nitrogens with zero attached hydrogens (tertiary/aromatic N) is 4. The highest BCUT2D eigenvalue weighted by atomic mass is 32.2. The molecule has 31 heavy (non-hydrogen) atoms. The second kappa shape index (κ2) is 8.91. The number of nitriles is 1. The molecule has 1 aromatic heterocycles. The molecule has 0 aliphatic rings. The number of benzene rings is 2. The minimum absolute atomic E-state index is 0.0139. The molecular formula is C21H18N4O5S. The van der Waals surface area contributed by atoms with E-state index in [2.05, 4.69) is 10.2 Å². The van der Waals surface area contributed by atoms with E-state index in [1.54, 1.807) is 48.5 Å². The lowest BCUT2D eigenvalue weighted by Gasteiger charge is -2.08. The fourth-order valence-electron chi connectivity index (χ4n) is 2.69. The van der Waals surface area contributed by atoms with Crippen LogP contribution in [0.2, 0.25) is 0 Å². The van der Waals surface area contributed by atoms with Crippen LogP contribution < -0.4 is 5.56 Å². The molecule has 9 nitrogen and oxygen atoms in total. The highest BCUT2D eigenvalue weighted by Crippen LogP contribution is 2.31. The van der Waals surface area contributed by atoms with Crippen molar-refractivity contribution < 1.29 is 17.7 Å². The van der Waals surface area contributed by atoms with Crippen molar-refractivity contribution in [3.05, 3.63) is 81.6 Å². The van der Waals surface area contributed by atoms with Crippen LogP contribution in [-0.2, 0) is 28.0 Å². The van der Waals surface area contributed by atoms with Gasteiger partial charge in [-0.3, -0.25) is 13.5 Å². The Bertz CT molecular complexity index is 1340. The predicted molar refractivity (Wildman–Crippen MR) is 112 cm³/mol. The number of hydrogen-bond acceptors (Lipinski definition) is 8. The summed E-state index contributed by atoms with van der Waals surface area (Å²) < 4.78 is 30.3. The Kier molecular flexibility index (Phi) is 6.29. The van der Waals surface area contributed by atoms with E-state index < -0.39 is 21.6 Å². The van der Waals surface area contributed by atoms with E-state index in [0.29, 0.717) is 11.3 Å². The van der Waals surface area contributed by atoms with Crippen LogP contribution in [0.3, 0.4) is 0 Å². The summed E-state index contributed by atoms with van der Waals surface area (Å²) in [5.74, 6) is -0.401. The zero-order valence-corrected chi connectivity index (χ0v) is 17.5. The van der Waals surface area contributed by atoms with Crippen molar-refractivity contribution in [2.45, 2.75) is 18.4 Å². The van der Waals surface area contributed by atoms with Crippen molar-refractivity contribution in [3.63, 3.8) is 0 Å². The predicted octanol–water partition coefficient (Wildman–Crippen LogP) is 3.59. The van der Waals surface area contributed by atoms with E-state index in [1.807, 2.05) is 0 Å². The zero-order chi connectivity index (χ0) is 22.6. The fourth-order valence-corrected chi connectivity index (χ4v) is 3.61. The summed E-state index contributed by atoms with van der Waals surface area (Å²) in [5, 5.41) is 27.3. The second-order valence-corrected chi connectivity index (χ2v) is 8.16. The van der Waals surface area contributed by atoms with Crippen LogP contribution in [0.1, 0.15) is 16.7 Å². The Morgan fingerprint density at radius 1 is 1.10 bits per heavy atom. The number of pyridine rings is 1. The summed E-state index contributed by atoms with van der Waals surface area (Å²) in [6.45, 7) is 1.35. The van der Waals surface area contributed by atoms with E-state index in [-0.39, 0.29) is 28.3 Å². The van der Waals surface area contributed by atoms with Gasteiger partial charge in [-0.25, -0.2) is 0 Å². The molecule has 0 amide bonds. The van der Waals surface area contributed by atoms with Crippen molar-refractivity contribution in [1.29, 1.82) is 5.26 Å². The van der Waals surface area contributed by atoms with Gasteiger partial charge in [-0.2, -0.15) is 18.8 Å². The zero-order valence-electron chi connectivity index (χ0n) is 16.7. The third kappa shape index (κ3) is 4.69. The smallest absolute Gasteiger partial charge is 0.297 e. The van der Waals surface area contributed by atoms with Crippen LogP contribution in [0.25, 0.3) is 0 Å². The van der Waals surface area contributed by atoms with Gasteiger partial charge in [0.05, 0.1) is 17.2 Å². The lowest BCUT2D eigenvalue weighted by Crippen LogP contribution is -2.20. The van der Waals surface area contributed by atoms with Gasteiger partial charge < -0.3 is 5.11 Å². The van der Waals surface area contributed by atoms with Crippen LogP contribution in [0.15, 0.2) is 74.5 Å². The summed E-state index contributed by atoms with van der Waals surface area (Å²) in [6, 6.07) is 16.1. The normalized spacial score (nSPS) is 11.5. The average Bonchev–Trinajstić information content (AvgIpc) is 2.78. The molecule has 0 aliphatic carbocycles. The summed E-state index contributed by atoms with van der Waals surface area (Å²) >= 11 is 0. The van der Waals surface area contributed by atoms with Gasteiger partial charge in [0.25, 0.3) is 15.7 Å². The Morgan fingerprint density at radius 3 is 2.35 bits per heavy atom. The molecule has 0 unspecified atom stereocenters. The Morgan fingerprint density at radius 2 is 1.74 bits per heavy atom.